The van der Waals surface area contributed by atoms with Crippen LogP contribution in [0.2, 0.25) is 0 Å². The third kappa shape index (κ3) is 3.93. The average molecular weight is 650 g/mol. The second-order valence-electron chi connectivity index (χ2n) is 13.7. The molecule has 1 aliphatic carbocycles. The summed E-state index contributed by atoms with van der Waals surface area (Å²) in [6.07, 6.45) is 0. The summed E-state index contributed by atoms with van der Waals surface area (Å²) < 4.78 is 9.14. The Balaban J connectivity index is 1.06. The summed E-state index contributed by atoms with van der Waals surface area (Å²) in [5.74, 6) is 0. The van der Waals surface area contributed by atoms with Crippen LogP contribution in [0.25, 0.3) is 71.7 Å². The largest absolute Gasteiger partial charge is 0.456 e. The van der Waals surface area contributed by atoms with Crippen molar-refractivity contribution in [1.29, 1.82) is 0 Å². The molecule has 238 valence electrons. The van der Waals surface area contributed by atoms with Crippen molar-refractivity contribution in [2.75, 3.05) is 0 Å². The number of hydrogen-bond acceptors (Lipinski definition) is 1. The number of furan rings is 1. The second-order valence-corrected chi connectivity index (χ2v) is 13.7. The van der Waals surface area contributed by atoms with Crippen molar-refractivity contribution in [3.8, 4) is 27.9 Å². The van der Waals surface area contributed by atoms with Crippen LogP contribution in [0.5, 0.6) is 0 Å². The van der Waals surface area contributed by atoms with Crippen molar-refractivity contribution < 1.29 is 4.42 Å². The van der Waals surface area contributed by atoms with Gasteiger partial charge in [-0.2, -0.15) is 0 Å². The van der Waals surface area contributed by atoms with Crippen molar-refractivity contribution in [1.82, 2.24) is 4.57 Å². The van der Waals surface area contributed by atoms with E-state index in [9.17, 15) is 0 Å². The van der Waals surface area contributed by atoms with Gasteiger partial charge in [0.2, 0.25) is 0 Å². The summed E-state index contributed by atoms with van der Waals surface area (Å²) in [6, 6.07) is 68.3. The number of benzene rings is 8. The van der Waals surface area contributed by atoms with E-state index in [4.69, 9.17) is 4.42 Å². The SMILES string of the molecule is c1ccc(C2(c3ccccc3)c3ccccc3-c3cc4c(cc32)oc2cc(-c3ccc(-n5c6ccccc6c6ccccc65)cc3)ccc24)cc1. The third-order valence-electron chi connectivity index (χ3n) is 11.1. The summed E-state index contributed by atoms with van der Waals surface area (Å²) in [5, 5.41) is 4.81. The van der Waals surface area contributed by atoms with E-state index in [0.29, 0.717) is 0 Å². The lowest BCUT2D eigenvalue weighted by Gasteiger charge is -2.33. The van der Waals surface area contributed by atoms with Crippen LogP contribution in [0.1, 0.15) is 22.3 Å². The molecule has 2 nitrogen and oxygen atoms in total. The normalized spacial score (nSPS) is 13.3. The quantitative estimate of drug-likeness (QED) is 0.186. The monoisotopic (exact) mass is 649 g/mol. The Morgan fingerprint density at radius 2 is 0.941 bits per heavy atom. The molecule has 0 radical (unpaired) electrons. The fourth-order valence-corrected chi connectivity index (χ4v) is 8.89. The van der Waals surface area contributed by atoms with Gasteiger partial charge in [-0.25, -0.2) is 0 Å². The molecule has 0 saturated carbocycles. The lowest BCUT2D eigenvalue weighted by Crippen LogP contribution is -2.28. The third-order valence-corrected chi connectivity index (χ3v) is 11.1. The topological polar surface area (TPSA) is 18.1 Å². The molecule has 0 bridgehead atoms. The minimum atomic E-state index is -0.453. The molecule has 0 N–H and O–H groups in total. The zero-order valence-electron chi connectivity index (χ0n) is 27.8. The number of nitrogens with zero attached hydrogens (tertiary/aromatic N) is 1. The van der Waals surface area contributed by atoms with Gasteiger partial charge in [-0.05, 0) is 93.0 Å². The van der Waals surface area contributed by atoms with Gasteiger partial charge in [-0.3, -0.25) is 0 Å². The molecule has 2 heteroatoms. The van der Waals surface area contributed by atoms with Gasteiger partial charge in [0.1, 0.15) is 11.2 Å². The predicted molar refractivity (Wildman–Crippen MR) is 211 cm³/mol. The number of aromatic nitrogens is 1. The molecule has 0 atom stereocenters. The van der Waals surface area contributed by atoms with Crippen molar-refractivity contribution in [3.63, 3.8) is 0 Å². The lowest BCUT2D eigenvalue weighted by atomic mass is 9.67. The molecule has 1 aliphatic rings. The Bertz CT molecular complexity index is 2860. The Kier molecular flexibility index (Phi) is 5.91. The van der Waals surface area contributed by atoms with Crippen LogP contribution in [0.15, 0.2) is 192 Å². The molecule has 10 aromatic rings. The molecule has 11 rings (SSSR count). The minimum absolute atomic E-state index is 0.453. The van der Waals surface area contributed by atoms with E-state index in [0.717, 1.165) is 38.8 Å². The van der Waals surface area contributed by atoms with Crippen LogP contribution in [0.4, 0.5) is 0 Å². The second kappa shape index (κ2) is 10.7. The van der Waals surface area contributed by atoms with E-state index in [1.165, 1.54) is 55.2 Å². The van der Waals surface area contributed by atoms with Gasteiger partial charge in [0.15, 0.2) is 0 Å². The first-order valence-electron chi connectivity index (χ1n) is 17.6. The molecule has 2 aromatic heterocycles. The zero-order chi connectivity index (χ0) is 33.5. The number of rotatable bonds is 4. The highest BCUT2D eigenvalue weighted by Crippen LogP contribution is 2.57. The van der Waals surface area contributed by atoms with Crippen LogP contribution >= 0.6 is 0 Å². The Morgan fingerprint density at radius 1 is 0.373 bits per heavy atom. The number of hydrogen-bond donors (Lipinski definition) is 0. The highest BCUT2D eigenvalue weighted by atomic mass is 16.3. The van der Waals surface area contributed by atoms with Gasteiger partial charge in [0.05, 0.1) is 16.4 Å². The summed E-state index contributed by atoms with van der Waals surface area (Å²) in [7, 11) is 0. The van der Waals surface area contributed by atoms with Crippen molar-refractivity contribution in [2.45, 2.75) is 5.41 Å². The fraction of sp³-hybridized carbons (Fsp3) is 0.0204. The van der Waals surface area contributed by atoms with Crippen LogP contribution in [0.3, 0.4) is 0 Å². The lowest BCUT2D eigenvalue weighted by molar-refractivity contribution is 0.666. The molecular weight excluding hydrogens is 619 g/mol. The van der Waals surface area contributed by atoms with E-state index >= 15 is 0 Å². The first-order chi connectivity index (χ1) is 25.3. The number of fused-ring (bicyclic) bond motifs is 9. The van der Waals surface area contributed by atoms with E-state index in [-0.39, 0.29) is 0 Å². The van der Waals surface area contributed by atoms with Crippen molar-refractivity contribution in [2.24, 2.45) is 0 Å². The fourth-order valence-electron chi connectivity index (χ4n) is 8.89. The standard InChI is InChI=1S/C49H31NO/c1-3-13-34(14-4-1)49(35-15-5-2-6-16-35)43-20-10-7-17-37(43)41-30-42-40-28-25-33(29-47(40)51-48(42)31-44(41)49)32-23-26-36(27-24-32)50-45-21-11-8-18-38(45)39-19-9-12-22-46(39)50/h1-31H. The molecule has 51 heavy (non-hydrogen) atoms. The minimum Gasteiger partial charge on any atom is -0.456 e. The summed E-state index contributed by atoms with van der Waals surface area (Å²) in [6.45, 7) is 0. The average Bonchev–Trinajstić information content (AvgIpc) is 3.83. The van der Waals surface area contributed by atoms with Gasteiger partial charge in [-0.15, -0.1) is 0 Å². The van der Waals surface area contributed by atoms with E-state index < -0.39 is 5.41 Å². The van der Waals surface area contributed by atoms with E-state index in [2.05, 4.69) is 193 Å². The van der Waals surface area contributed by atoms with Gasteiger partial charge >= 0.3 is 0 Å². The Morgan fingerprint density at radius 3 is 1.63 bits per heavy atom. The molecule has 0 fully saturated rings. The maximum absolute atomic E-state index is 6.78. The van der Waals surface area contributed by atoms with E-state index in [1.807, 2.05) is 0 Å². The van der Waals surface area contributed by atoms with Crippen molar-refractivity contribution in [3.05, 3.63) is 210 Å². The van der Waals surface area contributed by atoms with Gasteiger partial charge in [0.25, 0.3) is 0 Å². The van der Waals surface area contributed by atoms with Gasteiger partial charge in [0, 0.05) is 27.2 Å². The molecule has 2 heterocycles. The van der Waals surface area contributed by atoms with Crippen LogP contribution < -0.4 is 0 Å². The van der Waals surface area contributed by atoms with Crippen LogP contribution in [0, 0.1) is 0 Å². The van der Waals surface area contributed by atoms with Crippen LogP contribution in [-0.2, 0) is 5.41 Å². The maximum Gasteiger partial charge on any atom is 0.136 e. The Labute approximate surface area is 295 Å². The van der Waals surface area contributed by atoms with Crippen molar-refractivity contribution >= 4 is 43.7 Å². The highest BCUT2D eigenvalue weighted by Gasteiger charge is 2.46. The highest BCUT2D eigenvalue weighted by molar-refractivity contribution is 6.10. The van der Waals surface area contributed by atoms with Crippen LogP contribution in [-0.4, -0.2) is 4.57 Å². The van der Waals surface area contributed by atoms with Gasteiger partial charge in [-0.1, -0.05) is 140 Å². The summed E-state index contributed by atoms with van der Waals surface area (Å²) >= 11 is 0. The predicted octanol–water partition coefficient (Wildman–Crippen LogP) is 12.7. The van der Waals surface area contributed by atoms with Gasteiger partial charge < -0.3 is 8.98 Å². The smallest absolute Gasteiger partial charge is 0.136 e. The van der Waals surface area contributed by atoms with E-state index in [1.54, 1.807) is 0 Å². The molecule has 0 saturated heterocycles. The summed E-state index contributed by atoms with van der Waals surface area (Å²) in [5.41, 5.74) is 14.8. The number of para-hydroxylation sites is 2. The molecule has 8 aromatic carbocycles. The first-order valence-corrected chi connectivity index (χ1v) is 17.6. The first kappa shape index (κ1) is 28.2. The Hall–Kier alpha value is -6.64. The molecule has 0 spiro atoms. The molecule has 0 aliphatic heterocycles. The molecule has 0 unspecified atom stereocenters. The zero-order valence-corrected chi connectivity index (χ0v) is 27.8. The summed E-state index contributed by atoms with van der Waals surface area (Å²) in [4.78, 5) is 0. The molecular formula is C49H31NO. The molecule has 0 amide bonds. The maximum atomic E-state index is 6.78.